The number of imidazole rings is 1. The molecule has 28 heavy (non-hydrogen) atoms. The third-order valence-electron chi connectivity index (χ3n) is 4.75. The zero-order chi connectivity index (χ0) is 20.0. The molecule has 0 bridgehead atoms. The summed E-state index contributed by atoms with van der Waals surface area (Å²) >= 11 is 4.38. The highest BCUT2D eigenvalue weighted by molar-refractivity contribution is 9.10. The lowest BCUT2D eigenvalue weighted by Crippen LogP contribution is -2.27. The molecule has 6 nitrogen and oxygen atoms in total. The molecule has 0 unspecified atom stereocenters. The standard InChI is InChI=1S/C20H16BrN3O3S/c1-22-15-8-7-12(9-16(15)23(2)19(22)26)10-17-18(25)24(20(27)28-17)11-13-5-3-4-6-14(13)21/h3-10H,11H2,1-2H3/b17-10+. The van der Waals surface area contributed by atoms with Crippen LogP contribution in [0.1, 0.15) is 11.1 Å². The molecule has 2 amide bonds. The van der Waals surface area contributed by atoms with Gasteiger partial charge in [0.05, 0.1) is 22.5 Å². The molecule has 0 spiro atoms. The smallest absolute Gasteiger partial charge is 0.295 e. The lowest BCUT2D eigenvalue weighted by atomic mass is 10.1. The Morgan fingerprint density at radius 3 is 2.46 bits per heavy atom. The number of nitrogens with zero attached hydrogens (tertiary/aromatic N) is 3. The van der Waals surface area contributed by atoms with E-state index in [0.29, 0.717) is 4.91 Å². The summed E-state index contributed by atoms with van der Waals surface area (Å²) in [6.45, 7) is 0.218. The number of amides is 2. The van der Waals surface area contributed by atoms with Crippen molar-refractivity contribution < 1.29 is 9.59 Å². The number of thioether (sulfide) groups is 1. The Morgan fingerprint density at radius 1 is 1.00 bits per heavy atom. The highest BCUT2D eigenvalue weighted by Crippen LogP contribution is 2.34. The van der Waals surface area contributed by atoms with Gasteiger partial charge in [0.2, 0.25) is 0 Å². The topological polar surface area (TPSA) is 64.3 Å². The van der Waals surface area contributed by atoms with Crippen LogP contribution in [0.5, 0.6) is 0 Å². The maximum absolute atomic E-state index is 12.8. The molecule has 8 heteroatoms. The minimum Gasteiger partial charge on any atom is -0.295 e. The molecule has 1 aromatic heterocycles. The molecule has 1 aliphatic heterocycles. The van der Waals surface area contributed by atoms with Crippen molar-refractivity contribution >= 4 is 55.9 Å². The first-order chi connectivity index (χ1) is 13.4. The van der Waals surface area contributed by atoms with Crippen LogP contribution < -0.4 is 5.69 Å². The maximum Gasteiger partial charge on any atom is 0.328 e. The van der Waals surface area contributed by atoms with Gasteiger partial charge in [0.1, 0.15) is 0 Å². The van der Waals surface area contributed by atoms with Crippen molar-refractivity contribution in [1.29, 1.82) is 0 Å². The molecule has 3 aromatic rings. The number of carbonyl (C=O) groups is 2. The Bertz CT molecular complexity index is 1230. The summed E-state index contributed by atoms with van der Waals surface area (Å²) in [6, 6.07) is 13.0. The van der Waals surface area contributed by atoms with Crippen LogP contribution in [0.15, 0.2) is 56.6 Å². The predicted octanol–water partition coefficient (Wildman–Crippen LogP) is 3.88. The molecule has 1 aliphatic rings. The van der Waals surface area contributed by atoms with Gasteiger partial charge in [-0.3, -0.25) is 23.6 Å². The van der Waals surface area contributed by atoms with Crippen molar-refractivity contribution in [2.75, 3.05) is 0 Å². The third-order valence-corrected chi connectivity index (χ3v) is 6.43. The van der Waals surface area contributed by atoms with Crippen molar-refractivity contribution in [3.05, 3.63) is 73.5 Å². The van der Waals surface area contributed by atoms with Crippen LogP contribution in [0.25, 0.3) is 17.1 Å². The van der Waals surface area contributed by atoms with E-state index in [4.69, 9.17) is 0 Å². The number of halogens is 1. The molecule has 0 aliphatic carbocycles. The van der Waals surface area contributed by atoms with Crippen molar-refractivity contribution in [2.45, 2.75) is 6.54 Å². The quantitative estimate of drug-likeness (QED) is 0.559. The lowest BCUT2D eigenvalue weighted by molar-refractivity contribution is -0.123. The number of carbonyl (C=O) groups excluding carboxylic acids is 2. The summed E-state index contributed by atoms with van der Waals surface area (Å²) in [6.07, 6.45) is 1.70. The summed E-state index contributed by atoms with van der Waals surface area (Å²) < 4.78 is 3.99. The zero-order valence-electron chi connectivity index (χ0n) is 15.2. The highest BCUT2D eigenvalue weighted by atomic mass is 79.9. The van der Waals surface area contributed by atoms with Gasteiger partial charge in [0.25, 0.3) is 11.1 Å². The van der Waals surface area contributed by atoms with E-state index in [1.54, 1.807) is 29.3 Å². The van der Waals surface area contributed by atoms with E-state index in [1.165, 1.54) is 4.90 Å². The average molecular weight is 458 g/mol. The van der Waals surface area contributed by atoms with Crippen LogP contribution in [0, 0.1) is 0 Å². The SMILES string of the molecule is Cn1c(=O)n(C)c2cc(/C=C3/SC(=O)N(Cc4ccccc4Br)C3=O)ccc21. The van der Waals surface area contributed by atoms with Crippen LogP contribution in [0.2, 0.25) is 0 Å². The number of benzene rings is 2. The van der Waals surface area contributed by atoms with Crippen LogP contribution in [0.4, 0.5) is 4.79 Å². The van der Waals surface area contributed by atoms with E-state index in [-0.39, 0.29) is 23.4 Å². The van der Waals surface area contributed by atoms with Gasteiger partial charge in [-0.1, -0.05) is 40.2 Å². The number of aryl methyl sites for hydroxylation is 2. The molecule has 2 heterocycles. The van der Waals surface area contributed by atoms with Crippen molar-refractivity contribution in [3.8, 4) is 0 Å². The number of fused-ring (bicyclic) bond motifs is 1. The largest absolute Gasteiger partial charge is 0.328 e. The Hall–Kier alpha value is -2.58. The number of hydrogen-bond acceptors (Lipinski definition) is 4. The average Bonchev–Trinajstić information content (AvgIpc) is 3.06. The zero-order valence-corrected chi connectivity index (χ0v) is 17.6. The molecule has 0 atom stereocenters. The second-order valence-corrected chi connectivity index (χ2v) is 8.36. The number of rotatable bonds is 3. The Balaban J connectivity index is 1.66. The fraction of sp³-hybridized carbons (Fsp3) is 0.150. The van der Waals surface area contributed by atoms with E-state index >= 15 is 0 Å². The van der Waals surface area contributed by atoms with E-state index in [2.05, 4.69) is 15.9 Å². The first-order valence-corrected chi connectivity index (χ1v) is 10.1. The molecule has 0 radical (unpaired) electrons. The van der Waals surface area contributed by atoms with E-state index in [1.807, 2.05) is 42.5 Å². The van der Waals surface area contributed by atoms with E-state index in [0.717, 1.165) is 38.4 Å². The normalized spacial score (nSPS) is 16.0. The second kappa shape index (κ2) is 7.10. The summed E-state index contributed by atoms with van der Waals surface area (Å²) in [5, 5.41) is -0.291. The van der Waals surface area contributed by atoms with E-state index < -0.39 is 0 Å². The molecular formula is C20H16BrN3O3S. The molecule has 0 N–H and O–H groups in total. The number of imide groups is 1. The van der Waals surface area contributed by atoms with Gasteiger partial charge >= 0.3 is 5.69 Å². The van der Waals surface area contributed by atoms with Crippen LogP contribution in [0.3, 0.4) is 0 Å². The molecular weight excluding hydrogens is 442 g/mol. The summed E-state index contributed by atoms with van der Waals surface area (Å²) in [4.78, 5) is 38.8. The summed E-state index contributed by atoms with van der Waals surface area (Å²) in [7, 11) is 3.43. The van der Waals surface area contributed by atoms with Crippen LogP contribution in [-0.2, 0) is 25.4 Å². The summed E-state index contributed by atoms with van der Waals surface area (Å²) in [5.41, 5.74) is 3.10. The third kappa shape index (κ3) is 3.12. The molecule has 1 fully saturated rings. The van der Waals surface area contributed by atoms with Crippen LogP contribution in [-0.4, -0.2) is 25.2 Å². The fourth-order valence-electron chi connectivity index (χ4n) is 3.20. The first-order valence-electron chi connectivity index (χ1n) is 8.51. The van der Waals surface area contributed by atoms with Crippen molar-refractivity contribution in [2.24, 2.45) is 14.1 Å². The minimum atomic E-state index is -0.312. The predicted molar refractivity (Wildman–Crippen MR) is 114 cm³/mol. The highest BCUT2D eigenvalue weighted by Gasteiger charge is 2.35. The minimum absolute atomic E-state index is 0.110. The Morgan fingerprint density at radius 2 is 1.71 bits per heavy atom. The Labute approximate surface area is 173 Å². The van der Waals surface area contributed by atoms with Gasteiger partial charge in [-0.25, -0.2) is 4.79 Å². The molecule has 142 valence electrons. The second-order valence-electron chi connectivity index (χ2n) is 6.51. The maximum atomic E-state index is 12.8. The van der Waals surface area contributed by atoms with Crippen molar-refractivity contribution in [3.63, 3.8) is 0 Å². The molecule has 1 saturated heterocycles. The summed E-state index contributed by atoms with van der Waals surface area (Å²) in [5.74, 6) is -0.312. The van der Waals surface area contributed by atoms with Gasteiger partial charge in [-0.2, -0.15) is 0 Å². The first kappa shape index (κ1) is 18.8. The monoisotopic (exact) mass is 457 g/mol. The molecule has 2 aromatic carbocycles. The van der Waals surface area contributed by atoms with Gasteiger partial charge in [0.15, 0.2) is 0 Å². The molecule has 4 rings (SSSR count). The number of hydrogen-bond donors (Lipinski definition) is 0. The van der Waals surface area contributed by atoms with Gasteiger partial charge in [-0.05, 0) is 47.2 Å². The Kier molecular flexibility index (Phi) is 4.76. The van der Waals surface area contributed by atoms with Gasteiger partial charge in [-0.15, -0.1) is 0 Å². The molecule has 0 saturated carbocycles. The van der Waals surface area contributed by atoms with Crippen LogP contribution >= 0.6 is 27.7 Å². The van der Waals surface area contributed by atoms with Crippen molar-refractivity contribution in [1.82, 2.24) is 14.0 Å². The number of aromatic nitrogens is 2. The van der Waals surface area contributed by atoms with E-state index in [9.17, 15) is 14.4 Å². The fourth-order valence-corrected chi connectivity index (χ4v) is 4.45. The van der Waals surface area contributed by atoms with Gasteiger partial charge in [0, 0.05) is 18.6 Å². The van der Waals surface area contributed by atoms with Gasteiger partial charge < -0.3 is 0 Å². The lowest BCUT2D eigenvalue weighted by Gasteiger charge is -2.13.